The molecule has 0 saturated heterocycles. The molecule has 0 aromatic rings. The maximum absolute atomic E-state index is 4.07. The highest BCUT2D eigenvalue weighted by atomic mass is 14.3. The first-order valence-corrected chi connectivity index (χ1v) is 4.11. The van der Waals surface area contributed by atoms with Crippen LogP contribution in [0.1, 0.15) is 41.0 Å². The molecule has 0 unspecified atom stereocenters. The zero-order chi connectivity index (χ0) is 8.36. The maximum Gasteiger partial charge on any atom is -0.0124 e. The molecule has 0 spiro atoms. The largest absolute Gasteiger partial charge is 0.0993 e. The van der Waals surface area contributed by atoms with E-state index in [0.29, 0.717) is 11.3 Å². The second-order valence-corrected chi connectivity index (χ2v) is 3.83. The molecule has 0 bridgehead atoms. The van der Waals surface area contributed by atoms with Gasteiger partial charge in [0.05, 0.1) is 0 Å². The minimum absolute atomic E-state index is 0.314. The topological polar surface area (TPSA) is 0 Å². The molecule has 60 valence electrons. The summed E-state index contributed by atoms with van der Waals surface area (Å²) in [6.07, 6.45) is 1.10. The van der Waals surface area contributed by atoms with Crippen LogP contribution < -0.4 is 0 Å². The highest BCUT2D eigenvalue weighted by Gasteiger charge is 2.23. The Hall–Kier alpha value is -0.260. The predicted octanol–water partition coefficient (Wildman–Crippen LogP) is 3.63. The molecule has 10 heavy (non-hydrogen) atoms. The van der Waals surface area contributed by atoms with Crippen molar-refractivity contribution < 1.29 is 0 Å². The quantitative estimate of drug-likeness (QED) is 0.525. The number of allylic oxidation sites excluding steroid dienone is 1. The zero-order valence-corrected chi connectivity index (χ0v) is 7.99. The van der Waals surface area contributed by atoms with Gasteiger partial charge in [0.25, 0.3) is 0 Å². The van der Waals surface area contributed by atoms with Crippen molar-refractivity contribution in [3.63, 3.8) is 0 Å². The monoisotopic (exact) mass is 140 g/mol. The summed E-state index contributed by atoms with van der Waals surface area (Å²) in [6, 6.07) is 0. The summed E-state index contributed by atoms with van der Waals surface area (Å²) in [6.45, 7) is 15.3. The van der Waals surface area contributed by atoms with E-state index >= 15 is 0 Å². The van der Waals surface area contributed by atoms with Crippen LogP contribution in [-0.2, 0) is 0 Å². The Bertz CT molecular complexity index is 118. The number of hydrogen-bond acceptors (Lipinski definition) is 0. The first-order valence-electron chi connectivity index (χ1n) is 4.11. The summed E-state index contributed by atoms with van der Waals surface area (Å²) < 4.78 is 0. The Labute approximate surface area is 65.3 Å². The molecule has 0 saturated carbocycles. The van der Waals surface area contributed by atoms with Crippen molar-refractivity contribution in [2.24, 2.45) is 11.3 Å². The molecular weight excluding hydrogens is 120 g/mol. The van der Waals surface area contributed by atoms with E-state index in [-0.39, 0.29) is 0 Å². The van der Waals surface area contributed by atoms with Crippen LogP contribution in [0.4, 0.5) is 0 Å². The van der Waals surface area contributed by atoms with E-state index in [1.807, 2.05) is 0 Å². The van der Waals surface area contributed by atoms with Gasteiger partial charge in [0.2, 0.25) is 0 Å². The number of rotatable bonds is 3. The summed E-state index contributed by atoms with van der Waals surface area (Å²) in [5.74, 6) is 0.694. The van der Waals surface area contributed by atoms with Crippen molar-refractivity contribution in [1.29, 1.82) is 0 Å². The van der Waals surface area contributed by atoms with Gasteiger partial charge in [0, 0.05) is 0 Å². The van der Waals surface area contributed by atoms with E-state index in [4.69, 9.17) is 0 Å². The molecule has 0 aromatic heterocycles. The van der Waals surface area contributed by atoms with Gasteiger partial charge >= 0.3 is 0 Å². The molecule has 0 rings (SSSR count). The van der Waals surface area contributed by atoms with Crippen molar-refractivity contribution in [1.82, 2.24) is 0 Å². The van der Waals surface area contributed by atoms with E-state index in [0.717, 1.165) is 6.42 Å². The van der Waals surface area contributed by atoms with Gasteiger partial charge in [-0.05, 0) is 17.8 Å². The minimum Gasteiger partial charge on any atom is -0.0993 e. The lowest BCUT2D eigenvalue weighted by Crippen LogP contribution is -2.20. The Balaban J connectivity index is 4.24. The van der Waals surface area contributed by atoms with Crippen LogP contribution in [0.25, 0.3) is 0 Å². The standard InChI is InChI=1S/C10H20/c1-7-9(4)10(5,6)8(2)3/h8H,4,7H2,1-3,5-6H3. The Morgan fingerprint density at radius 3 is 1.90 bits per heavy atom. The lowest BCUT2D eigenvalue weighted by molar-refractivity contribution is 0.304. The molecule has 0 N–H and O–H groups in total. The second-order valence-electron chi connectivity index (χ2n) is 3.83. The first kappa shape index (κ1) is 9.74. The molecule has 0 aliphatic rings. The highest BCUT2D eigenvalue weighted by molar-refractivity contribution is 5.07. The van der Waals surface area contributed by atoms with Crippen LogP contribution in [-0.4, -0.2) is 0 Å². The minimum atomic E-state index is 0.314. The molecule has 0 amide bonds. The van der Waals surface area contributed by atoms with Crippen molar-refractivity contribution in [2.75, 3.05) is 0 Å². The molecule has 0 atom stereocenters. The first-order chi connectivity index (χ1) is 4.42. The lowest BCUT2D eigenvalue weighted by atomic mass is 9.74. The van der Waals surface area contributed by atoms with Gasteiger partial charge in [-0.2, -0.15) is 0 Å². The summed E-state index contributed by atoms with van der Waals surface area (Å²) in [5, 5.41) is 0. The normalized spacial score (nSPS) is 12.2. The van der Waals surface area contributed by atoms with Gasteiger partial charge < -0.3 is 0 Å². The summed E-state index contributed by atoms with van der Waals surface area (Å²) in [7, 11) is 0. The van der Waals surface area contributed by atoms with Gasteiger partial charge in [-0.15, -0.1) is 0 Å². The average Bonchev–Trinajstić information content (AvgIpc) is 1.86. The fraction of sp³-hybridized carbons (Fsp3) is 0.800. The van der Waals surface area contributed by atoms with E-state index in [2.05, 4.69) is 41.2 Å². The van der Waals surface area contributed by atoms with E-state index in [1.54, 1.807) is 0 Å². The maximum atomic E-state index is 4.07. The van der Waals surface area contributed by atoms with Crippen LogP contribution >= 0.6 is 0 Å². The zero-order valence-electron chi connectivity index (χ0n) is 7.99. The fourth-order valence-corrected chi connectivity index (χ4v) is 0.864. The molecule has 0 aromatic carbocycles. The Kier molecular flexibility index (Phi) is 3.14. The molecule has 0 aliphatic carbocycles. The van der Waals surface area contributed by atoms with Gasteiger partial charge in [0.15, 0.2) is 0 Å². The SMILES string of the molecule is C=C(CC)C(C)(C)C(C)C. The number of hydrogen-bond donors (Lipinski definition) is 0. The molecule has 0 nitrogen and oxygen atoms in total. The van der Waals surface area contributed by atoms with Crippen molar-refractivity contribution in [3.8, 4) is 0 Å². The van der Waals surface area contributed by atoms with Gasteiger partial charge in [-0.3, -0.25) is 0 Å². The van der Waals surface area contributed by atoms with E-state index in [1.165, 1.54) is 5.57 Å². The molecule has 0 heteroatoms. The van der Waals surface area contributed by atoms with Crippen molar-refractivity contribution in [3.05, 3.63) is 12.2 Å². The Morgan fingerprint density at radius 1 is 1.40 bits per heavy atom. The lowest BCUT2D eigenvalue weighted by Gasteiger charge is -2.31. The smallest absolute Gasteiger partial charge is 0.0124 e. The van der Waals surface area contributed by atoms with Gasteiger partial charge in [-0.25, -0.2) is 0 Å². The van der Waals surface area contributed by atoms with Crippen LogP contribution in [0, 0.1) is 11.3 Å². The molecule has 0 radical (unpaired) electrons. The molecular formula is C10H20. The summed E-state index contributed by atoms with van der Waals surface area (Å²) in [4.78, 5) is 0. The summed E-state index contributed by atoms with van der Waals surface area (Å²) in [5.41, 5.74) is 1.68. The fourth-order valence-electron chi connectivity index (χ4n) is 0.864. The van der Waals surface area contributed by atoms with Gasteiger partial charge in [0.1, 0.15) is 0 Å². The Morgan fingerprint density at radius 2 is 1.80 bits per heavy atom. The highest BCUT2D eigenvalue weighted by Crippen LogP contribution is 2.34. The average molecular weight is 140 g/mol. The molecule has 0 heterocycles. The van der Waals surface area contributed by atoms with E-state index < -0.39 is 0 Å². The third-order valence-electron chi connectivity index (χ3n) is 2.78. The third kappa shape index (κ3) is 1.86. The van der Waals surface area contributed by atoms with Crippen molar-refractivity contribution in [2.45, 2.75) is 41.0 Å². The molecule has 0 fully saturated rings. The van der Waals surface area contributed by atoms with Crippen LogP contribution in [0.15, 0.2) is 12.2 Å². The van der Waals surface area contributed by atoms with Gasteiger partial charge in [-0.1, -0.05) is 46.8 Å². The van der Waals surface area contributed by atoms with Crippen LogP contribution in [0.3, 0.4) is 0 Å². The second kappa shape index (κ2) is 3.23. The predicted molar refractivity (Wildman–Crippen MR) is 48.1 cm³/mol. The van der Waals surface area contributed by atoms with Crippen LogP contribution in [0.5, 0.6) is 0 Å². The third-order valence-corrected chi connectivity index (χ3v) is 2.78. The summed E-state index contributed by atoms with van der Waals surface area (Å²) >= 11 is 0. The van der Waals surface area contributed by atoms with Crippen LogP contribution in [0.2, 0.25) is 0 Å². The van der Waals surface area contributed by atoms with E-state index in [9.17, 15) is 0 Å². The molecule has 0 aliphatic heterocycles. The van der Waals surface area contributed by atoms with Crippen molar-refractivity contribution >= 4 is 0 Å².